The van der Waals surface area contributed by atoms with Crippen molar-refractivity contribution in [3.05, 3.63) is 24.7 Å². The number of nitrogens with zero attached hydrogens (tertiary/aromatic N) is 5. The van der Waals surface area contributed by atoms with Gasteiger partial charge in [-0.2, -0.15) is 18.3 Å². The number of likely N-dealkylation sites (tertiary alicyclic amines) is 1. The Morgan fingerprint density at radius 2 is 2.08 bits per heavy atom. The van der Waals surface area contributed by atoms with E-state index in [1.807, 2.05) is 0 Å². The first-order chi connectivity index (χ1) is 11.4. The van der Waals surface area contributed by atoms with Gasteiger partial charge in [-0.1, -0.05) is 0 Å². The Balaban J connectivity index is 1.71. The third-order valence-electron chi connectivity index (χ3n) is 3.60. The van der Waals surface area contributed by atoms with Gasteiger partial charge < -0.3 is 10.2 Å². The molecule has 0 spiro atoms. The van der Waals surface area contributed by atoms with E-state index in [0.29, 0.717) is 11.5 Å². The van der Waals surface area contributed by atoms with Gasteiger partial charge in [0.1, 0.15) is 18.7 Å². The molecule has 2 aromatic rings. The van der Waals surface area contributed by atoms with E-state index in [1.54, 1.807) is 4.90 Å². The molecular weight excluding hydrogens is 325 g/mol. The second kappa shape index (κ2) is 6.46. The van der Waals surface area contributed by atoms with Crippen molar-refractivity contribution in [3.8, 4) is 11.4 Å². The van der Waals surface area contributed by atoms with Gasteiger partial charge >= 0.3 is 6.18 Å². The lowest BCUT2D eigenvalue weighted by atomic mass is 10.2. The molecule has 0 aromatic carbocycles. The fourth-order valence-corrected chi connectivity index (χ4v) is 2.28. The number of amides is 1. The van der Waals surface area contributed by atoms with Crippen LogP contribution in [-0.2, 0) is 11.3 Å². The van der Waals surface area contributed by atoms with E-state index in [-0.39, 0.29) is 18.1 Å². The van der Waals surface area contributed by atoms with E-state index in [9.17, 15) is 18.0 Å². The van der Waals surface area contributed by atoms with Crippen molar-refractivity contribution < 1.29 is 18.0 Å². The number of rotatable bonds is 5. The summed E-state index contributed by atoms with van der Waals surface area (Å²) in [5, 5.41) is 6.55. The van der Waals surface area contributed by atoms with Crippen molar-refractivity contribution in [2.75, 3.05) is 25.0 Å². The average molecular weight is 340 g/mol. The zero-order valence-corrected chi connectivity index (χ0v) is 12.6. The van der Waals surface area contributed by atoms with Crippen molar-refractivity contribution in [2.24, 2.45) is 0 Å². The standard InChI is InChI=1S/C14H15F3N6O/c15-14(16,17)8-23-11(2-3-21-23)10-6-12(20-9-19-10)18-7-13(24)22-4-1-5-22/h2-3,6,9H,1,4-5,7-8H2,(H,18,19,20). The highest BCUT2D eigenvalue weighted by Gasteiger charge is 2.29. The molecule has 3 rings (SSSR count). The molecule has 0 radical (unpaired) electrons. The minimum atomic E-state index is -4.38. The van der Waals surface area contributed by atoms with Gasteiger partial charge in [0.15, 0.2) is 0 Å². The number of hydrogen-bond donors (Lipinski definition) is 1. The Labute approximate surface area is 135 Å². The lowest BCUT2D eigenvalue weighted by Crippen LogP contribution is -2.44. The summed E-state index contributed by atoms with van der Waals surface area (Å²) in [5.74, 6) is 0.331. The van der Waals surface area contributed by atoms with Crippen LogP contribution < -0.4 is 5.32 Å². The molecule has 0 unspecified atom stereocenters. The molecule has 0 bridgehead atoms. The second-order valence-electron chi connectivity index (χ2n) is 5.37. The lowest BCUT2D eigenvalue weighted by Gasteiger charge is -2.30. The van der Waals surface area contributed by atoms with Crippen LogP contribution in [0, 0.1) is 0 Å². The first kappa shape index (κ1) is 16.2. The van der Waals surface area contributed by atoms with Gasteiger partial charge in [0, 0.05) is 25.4 Å². The number of hydrogen-bond acceptors (Lipinski definition) is 5. The second-order valence-corrected chi connectivity index (χ2v) is 5.37. The Morgan fingerprint density at radius 3 is 2.75 bits per heavy atom. The van der Waals surface area contributed by atoms with Gasteiger partial charge in [0.05, 0.1) is 17.9 Å². The quantitative estimate of drug-likeness (QED) is 0.894. The van der Waals surface area contributed by atoms with Gasteiger partial charge in [-0.15, -0.1) is 0 Å². The Bertz CT molecular complexity index is 725. The number of aromatic nitrogens is 4. The number of carbonyl (C=O) groups excluding carboxylic acids is 1. The van der Waals surface area contributed by atoms with Crippen LogP contribution in [-0.4, -0.2) is 56.4 Å². The fourth-order valence-electron chi connectivity index (χ4n) is 2.28. The number of alkyl halides is 3. The summed E-state index contributed by atoms with van der Waals surface area (Å²) in [4.78, 5) is 21.5. The third-order valence-corrected chi connectivity index (χ3v) is 3.60. The highest BCUT2D eigenvalue weighted by molar-refractivity contribution is 5.81. The summed E-state index contributed by atoms with van der Waals surface area (Å²) in [6.45, 7) is 0.395. The molecule has 128 valence electrons. The van der Waals surface area contributed by atoms with Crippen LogP contribution in [0.25, 0.3) is 11.4 Å². The predicted molar refractivity (Wildman–Crippen MR) is 79.0 cm³/mol. The number of nitrogens with one attached hydrogen (secondary N) is 1. The summed E-state index contributed by atoms with van der Waals surface area (Å²) in [7, 11) is 0. The van der Waals surface area contributed by atoms with Gasteiger partial charge in [-0.25, -0.2) is 9.97 Å². The van der Waals surface area contributed by atoms with E-state index in [0.717, 1.165) is 24.2 Å². The van der Waals surface area contributed by atoms with E-state index in [1.165, 1.54) is 24.7 Å². The number of halogens is 3. The topological polar surface area (TPSA) is 75.9 Å². The van der Waals surface area contributed by atoms with Gasteiger partial charge in [-0.05, 0) is 12.5 Å². The van der Waals surface area contributed by atoms with Crippen LogP contribution in [0.2, 0.25) is 0 Å². The molecule has 1 fully saturated rings. The van der Waals surface area contributed by atoms with Crippen LogP contribution >= 0.6 is 0 Å². The Morgan fingerprint density at radius 1 is 1.29 bits per heavy atom. The van der Waals surface area contributed by atoms with Crippen molar-refractivity contribution in [3.63, 3.8) is 0 Å². The van der Waals surface area contributed by atoms with Gasteiger partial charge in [0.25, 0.3) is 0 Å². The fraction of sp³-hybridized carbons (Fsp3) is 0.429. The highest BCUT2D eigenvalue weighted by Crippen LogP contribution is 2.23. The van der Waals surface area contributed by atoms with Gasteiger partial charge in [0.2, 0.25) is 5.91 Å². The van der Waals surface area contributed by atoms with Crippen molar-refractivity contribution in [1.82, 2.24) is 24.6 Å². The maximum absolute atomic E-state index is 12.6. The zero-order valence-electron chi connectivity index (χ0n) is 12.6. The first-order valence-electron chi connectivity index (χ1n) is 7.35. The van der Waals surface area contributed by atoms with E-state index in [2.05, 4.69) is 20.4 Å². The molecule has 7 nitrogen and oxygen atoms in total. The largest absolute Gasteiger partial charge is 0.408 e. The average Bonchev–Trinajstić information content (AvgIpc) is 2.89. The predicted octanol–water partition coefficient (Wildman–Crippen LogP) is 1.55. The number of anilines is 1. The van der Waals surface area contributed by atoms with Crippen LogP contribution in [0.15, 0.2) is 24.7 Å². The van der Waals surface area contributed by atoms with Crippen LogP contribution in [0.3, 0.4) is 0 Å². The molecular formula is C14H15F3N6O. The normalized spacial score (nSPS) is 14.4. The third kappa shape index (κ3) is 3.81. The Hall–Kier alpha value is -2.65. The van der Waals surface area contributed by atoms with E-state index < -0.39 is 12.7 Å². The van der Waals surface area contributed by atoms with Crippen molar-refractivity contribution in [2.45, 2.75) is 19.1 Å². The summed E-state index contributed by atoms with van der Waals surface area (Å²) < 4.78 is 38.5. The monoisotopic (exact) mass is 340 g/mol. The molecule has 1 amide bonds. The van der Waals surface area contributed by atoms with Gasteiger partial charge in [-0.3, -0.25) is 9.48 Å². The lowest BCUT2D eigenvalue weighted by molar-refractivity contribution is -0.142. The number of carbonyl (C=O) groups is 1. The van der Waals surface area contributed by atoms with Crippen LogP contribution in [0.1, 0.15) is 6.42 Å². The van der Waals surface area contributed by atoms with E-state index in [4.69, 9.17) is 0 Å². The molecule has 0 aliphatic carbocycles. The molecule has 0 saturated carbocycles. The van der Waals surface area contributed by atoms with E-state index >= 15 is 0 Å². The summed E-state index contributed by atoms with van der Waals surface area (Å²) in [6.07, 6.45) is -0.856. The minimum Gasteiger partial charge on any atom is -0.361 e. The van der Waals surface area contributed by atoms with Crippen LogP contribution in [0.5, 0.6) is 0 Å². The smallest absolute Gasteiger partial charge is 0.361 e. The maximum Gasteiger partial charge on any atom is 0.408 e. The summed E-state index contributed by atoms with van der Waals surface area (Å²) >= 11 is 0. The molecule has 10 heteroatoms. The van der Waals surface area contributed by atoms with Crippen molar-refractivity contribution >= 4 is 11.7 Å². The molecule has 0 atom stereocenters. The first-order valence-corrected chi connectivity index (χ1v) is 7.35. The summed E-state index contributed by atoms with van der Waals surface area (Å²) in [5.41, 5.74) is 0.525. The molecule has 2 aromatic heterocycles. The molecule has 1 N–H and O–H groups in total. The molecule has 1 aliphatic heterocycles. The molecule has 1 saturated heterocycles. The SMILES string of the molecule is O=C(CNc1cc(-c2ccnn2CC(F)(F)F)ncn1)N1CCC1. The molecule has 3 heterocycles. The highest BCUT2D eigenvalue weighted by atomic mass is 19.4. The maximum atomic E-state index is 12.6. The van der Waals surface area contributed by atoms with Crippen molar-refractivity contribution in [1.29, 1.82) is 0 Å². The Kier molecular flexibility index (Phi) is 4.36. The zero-order chi connectivity index (χ0) is 17.2. The van der Waals surface area contributed by atoms with Crippen LogP contribution in [0.4, 0.5) is 19.0 Å². The summed E-state index contributed by atoms with van der Waals surface area (Å²) in [6, 6.07) is 2.94. The molecule has 1 aliphatic rings. The molecule has 24 heavy (non-hydrogen) atoms. The minimum absolute atomic E-state index is 0.0384.